The maximum absolute atomic E-state index is 11.7. The Morgan fingerprint density at radius 2 is 2.14 bits per heavy atom. The van der Waals surface area contributed by atoms with Crippen molar-refractivity contribution in [2.45, 2.75) is 18.6 Å². The monoisotopic (exact) mass is 215 g/mol. The minimum atomic E-state index is -4.27. The summed E-state index contributed by atoms with van der Waals surface area (Å²) < 4.78 is 39.5. The summed E-state index contributed by atoms with van der Waals surface area (Å²) >= 11 is 0. The summed E-state index contributed by atoms with van der Waals surface area (Å²) in [6.07, 6.45) is -5.33. The maximum Gasteiger partial charge on any atom is 0.390 e. The van der Waals surface area contributed by atoms with Crippen molar-refractivity contribution in [2.75, 3.05) is 20.3 Å². The van der Waals surface area contributed by atoms with Gasteiger partial charge < -0.3 is 15.2 Å². The number of carbonyl (C=O) groups is 1. The van der Waals surface area contributed by atoms with E-state index in [9.17, 15) is 18.0 Å². The van der Waals surface area contributed by atoms with E-state index in [0.29, 0.717) is 0 Å². The van der Waals surface area contributed by atoms with Crippen molar-refractivity contribution < 1.29 is 27.8 Å². The van der Waals surface area contributed by atoms with Crippen LogP contribution in [0.1, 0.15) is 6.42 Å². The van der Waals surface area contributed by atoms with E-state index in [1.807, 2.05) is 0 Å². The molecule has 0 aromatic carbocycles. The van der Waals surface area contributed by atoms with Crippen LogP contribution >= 0.6 is 0 Å². The summed E-state index contributed by atoms with van der Waals surface area (Å²) in [5.41, 5.74) is 0. The van der Waals surface area contributed by atoms with Gasteiger partial charge >= 0.3 is 12.1 Å². The largest absolute Gasteiger partial charge is 0.480 e. The normalized spacial score (nSPS) is 14.0. The van der Waals surface area contributed by atoms with Gasteiger partial charge in [0.15, 0.2) is 0 Å². The van der Waals surface area contributed by atoms with Gasteiger partial charge in [-0.15, -0.1) is 0 Å². The quantitative estimate of drug-likeness (QED) is 0.682. The van der Waals surface area contributed by atoms with E-state index in [1.54, 1.807) is 0 Å². The number of rotatable bonds is 6. The van der Waals surface area contributed by atoms with Crippen molar-refractivity contribution in [3.8, 4) is 0 Å². The first-order chi connectivity index (χ1) is 6.37. The van der Waals surface area contributed by atoms with Crippen molar-refractivity contribution in [2.24, 2.45) is 0 Å². The summed E-state index contributed by atoms with van der Waals surface area (Å²) in [6, 6.07) is -1.10. The molecule has 4 nitrogen and oxygen atoms in total. The highest BCUT2D eigenvalue weighted by Crippen LogP contribution is 2.18. The van der Waals surface area contributed by atoms with Crippen LogP contribution in [0.3, 0.4) is 0 Å². The van der Waals surface area contributed by atoms with Crippen LogP contribution in [0, 0.1) is 0 Å². The highest BCUT2D eigenvalue weighted by Gasteiger charge is 2.27. The molecule has 0 fully saturated rings. The average Bonchev–Trinajstić information content (AvgIpc) is 2.00. The van der Waals surface area contributed by atoms with Crippen molar-refractivity contribution in [1.82, 2.24) is 5.32 Å². The number of hydrogen-bond acceptors (Lipinski definition) is 3. The molecule has 0 aromatic heterocycles. The van der Waals surface area contributed by atoms with E-state index in [0.717, 1.165) is 0 Å². The van der Waals surface area contributed by atoms with Gasteiger partial charge in [0.2, 0.25) is 0 Å². The fourth-order valence-electron chi connectivity index (χ4n) is 0.772. The summed E-state index contributed by atoms with van der Waals surface area (Å²) in [6.45, 7) is -0.586. The first-order valence-electron chi connectivity index (χ1n) is 3.88. The van der Waals surface area contributed by atoms with Gasteiger partial charge in [-0.05, 0) is 0 Å². The Kier molecular flexibility index (Phi) is 5.47. The minimum absolute atomic E-state index is 0.160. The lowest BCUT2D eigenvalue weighted by Gasteiger charge is -2.13. The molecule has 0 saturated carbocycles. The van der Waals surface area contributed by atoms with Gasteiger partial charge in [0.1, 0.15) is 6.04 Å². The van der Waals surface area contributed by atoms with E-state index in [1.165, 1.54) is 7.11 Å². The fourth-order valence-corrected chi connectivity index (χ4v) is 0.772. The third-order valence-electron chi connectivity index (χ3n) is 1.43. The zero-order valence-corrected chi connectivity index (χ0v) is 7.60. The smallest absolute Gasteiger partial charge is 0.390 e. The Hall–Kier alpha value is -0.820. The summed E-state index contributed by atoms with van der Waals surface area (Å²) in [5, 5.41) is 10.7. The molecule has 0 heterocycles. The topological polar surface area (TPSA) is 58.6 Å². The molecule has 0 aromatic rings. The molecule has 0 rings (SSSR count). The van der Waals surface area contributed by atoms with Crippen molar-refractivity contribution >= 4 is 5.97 Å². The SMILES string of the molecule is COCC(NCCC(F)(F)F)C(=O)O. The molecule has 0 spiro atoms. The first-order valence-corrected chi connectivity index (χ1v) is 3.88. The van der Waals surface area contributed by atoms with Gasteiger partial charge in [-0.1, -0.05) is 0 Å². The van der Waals surface area contributed by atoms with E-state index >= 15 is 0 Å². The predicted octanol–water partition coefficient (Wildman–Crippen LogP) is 0.628. The summed E-state index contributed by atoms with van der Waals surface area (Å²) in [7, 11) is 1.28. The van der Waals surface area contributed by atoms with Crippen LogP contribution in [0.2, 0.25) is 0 Å². The third kappa shape index (κ3) is 6.67. The van der Waals surface area contributed by atoms with Gasteiger partial charge in [0.25, 0.3) is 0 Å². The number of halogens is 3. The number of carboxylic acid groups (broad SMARTS) is 1. The maximum atomic E-state index is 11.7. The molecule has 14 heavy (non-hydrogen) atoms. The van der Waals surface area contributed by atoms with Crippen LogP contribution in [0.5, 0.6) is 0 Å². The van der Waals surface area contributed by atoms with Gasteiger partial charge in [-0.3, -0.25) is 4.79 Å². The molecule has 0 aliphatic rings. The number of hydrogen-bond donors (Lipinski definition) is 2. The molecule has 0 aliphatic heterocycles. The number of aliphatic carboxylic acids is 1. The molecule has 84 valence electrons. The number of carboxylic acids is 1. The Bertz CT molecular complexity index is 184. The molecule has 0 bridgehead atoms. The fraction of sp³-hybridized carbons (Fsp3) is 0.857. The Morgan fingerprint density at radius 3 is 2.50 bits per heavy atom. The van der Waals surface area contributed by atoms with Crippen LogP contribution in [0.25, 0.3) is 0 Å². The zero-order valence-electron chi connectivity index (χ0n) is 7.60. The predicted molar refractivity (Wildman–Crippen MR) is 42.0 cm³/mol. The number of nitrogens with one attached hydrogen (secondary N) is 1. The Labute approximate surface area is 79.0 Å². The average molecular weight is 215 g/mol. The van der Waals surface area contributed by atoms with Crippen molar-refractivity contribution in [3.05, 3.63) is 0 Å². The molecule has 7 heteroatoms. The summed E-state index contributed by atoms with van der Waals surface area (Å²) in [5.74, 6) is -1.23. The van der Waals surface area contributed by atoms with Crippen LogP contribution in [-0.4, -0.2) is 43.6 Å². The summed E-state index contributed by atoms with van der Waals surface area (Å²) in [4.78, 5) is 10.4. The van der Waals surface area contributed by atoms with Crippen LogP contribution in [0.15, 0.2) is 0 Å². The third-order valence-corrected chi connectivity index (χ3v) is 1.43. The van der Waals surface area contributed by atoms with Crippen LogP contribution in [0.4, 0.5) is 13.2 Å². The highest BCUT2D eigenvalue weighted by atomic mass is 19.4. The van der Waals surface area contributed by atoms with Gasteiger partial charge in [0.05, 0.1) is 13.0 Å². The van der Waals surface area contributed by atoms with Crippen molar-refractivity contribution in [1.29, 1.82) is 0 Å². The van der Waals surface area contributed by atoms with E-state index < -0.39 is 31.2 Å². The second kappa shape index (κ2) is 5.82. The van der Waals surface area contributed by atoms with Crippen molar-refractivity contribution in [3.63, 3.8) is 0 Å². The minimum Gasteiger partial charge on any atom is -0.480 e. The first kappa shape index (κ1) is 13.2. The van der Waals surface area contributed by atoms with Gasteiger partial charge in [-0.2, -0.15) is 13.2 Å². The molecule has 0 amide bonds. The molecular weight excluding hydrogens is 203 g/mol. The Morgan fingerprint density at radius 1 is 1.57 bits per heavy atom. The molecule has 1 unspecified atom stereocenters. The number of ether oxygens (including phenoxy) is 1. The van der Waals surface area contributed by atoms with E-state index in [2.05, 4.69) is 10.1 Å². The van der Waals surface area contributed by atoms with E-state index in [4.69, 9.17) is 5.11 Å². The lowest BCUT2D eigenvalue weighted by atomic mass is 10.3. The second-order valence-electron chi connectivity index (χ2n) is 2.67. The molecule has 0 radical (unpaired) electrons. The van der Waals surface area contributed by atoms with E-state index in [-0.39, 0.29) is 6.61 Å². The van der Waals surface area contributed by atoms with Crippen LogP contribution < -0.4 is 5.32 Å². The molecular formula is C7H12F3NO3. The number of methoxy groups -OCH3 is 1. The van der Waals surface area contributed by atoms with Crippen LogP contribution in [-0.2, 0) is 9.53 Å². The highest BCUT2D eigenvalue weighted by molar-refractivity contribution is 5.73. The molecule has 0 aliphatic carbocycles. The standard InChI is InChI=1S/C7H12F3NO3/c1-14-4-5(6(12)13)11-3-2-7(8,9)10/h5,11H,2-4H2,1H3,(H,12,13). The lowest BCUT2D eigenvalue weighted by molar-refractivity contribution is -0.143. The zero-order chi connectivity index (χ0) is 11.2. The van der Waals surface area contributed by atoms with Gasteiger partial charge in [0, 0.05) is 13.7 Å². The second-order valence-corrected chi connectivity index (χ2v) is 2.67. The van der Waals surface area contributed by atoms with Gasteiger partial charge in [-0.25, -0.2) is 0 Å². The Balaban J connectivity index is 3.77. The molecule has 1 atom stereocenters. The molecule has 2 N–H and O–H groups in total. The molecule has 0 saturated heterocycles. The number of alkyl halides is 3. The lowest BCUT2D eigenvalue weighted by Crippen LogP contribution is -2.41.